The van der Waals surface area contributed by atoms with E-state index in [0.29, 0.717) is 13.1 Å². The molecule has 5 heteroatoms. The fourth-order valence-electron chi connectivity index (χ4n) is 2.45. The van der Waals surface area contributed by atoms with E-state index in [1.165, 1.54) is 7.11 Å². The molecule has 1 saturated heterocycles. The van der Waals surface area contributed by atoms with Gasteiger partial charge in [0.05, 0.1) is 19.6 Å². The zero-order chi connectivity index (χ0) is 14.5. The minimum absolute atomic E-state index is 0.0947. The van der Waals surface area contributed by atoms with Crippen LogP contribution in [-0.4, -0.2) is 61.9 Å². The highest BCUT2D eigenvalue weighted by Crippen LogP contribution is 2.19. The molecule has 1 aliphatic rings. The second-order valence-corrected chi connectivity index (χ2v) is 6.58. The Morgan fingerprint density at radius 2 is 2.11 bits per heavy atom. The van der Waals surface area contributed by atoms with Crippen molar-refractivity contribution in [2.45, 2.75) is 33.2 Å². The van der Waals surface area contributed by atoms with Gasteiger partial charge < -0.3 is 15.2 Å². The molecule has 0 saturated carbocycles. The smallest absolute Gasteiger partial charge is 0.310 e. The zero-order valence-electron chi connectivity index (χ0n) is 12.6. The van der Waals surface area contributed by atoms with E-state index in [4.69, 9.17) is 9.84 Å². The molecule has 2 N–H and O–H groups in total. The quantitative estimate of drug-likeness (QED) is 0.713. The summed E-state index contributed by atoms with van der Waals surface area (Å²) in [6, 6.07) is 0.281. The van der Waals surface area contributed by atoms with Crippen LogP contribution >= 0.6 is 0 Å². The van der Waals surface area contributed by atoms with E-state index in [2.05, 4.69) is 31.0 Å². The Labute approximate surface area is 116 Å². The summed E-state index contributed by atoms with van der Waals surface area (Å²) in [6.07, 6.45) is 0.810. The molecule has 0 aromatic rings. The number of esters is 1. The molecule has 1 fully saturated rings. The molecule has 1 aliphatic heterocycles. The highest BCUT2D eigenvalue weighted by Gasteiger charge is 2.32. The molecule has 0 radical (unpaired) electrons. The number of piperidine rings is 1. The number of hydrogen-bond acceptors (Lipinski definition) is 5. The maximum atomic E-state index is 11.7. The largest absolute Gasteiger partial charge is 0.469 e. The normalized spacial score (nSPS) is 25.3. The first kappa shape index (κ1) is 16.4. The fraction of sp³-hybridized carbons (Fsp3) is 0.929. The maximum absolute atomic E-state index is 11.7. The first-order chi connectivity index (χ1) is 8.85. The molecule has 0 spiro atoms. The van der Waals surface area contributed by atoms with E-state index in [0.717, 1.165) is 19.5 Å². The first-order valence-electron chi connectivity index (χ1n) is 7.00. The third-order valence-corrected chi connectivity index (χ3v) is 3.40. The SMILES string of the molecule is COC(=O)C1CC(NCC(C)(C)C)CN(CCO)C1. The average molecular weight is 272 g/mol. The number of carbonyl (C=O) groups excluding carboxylic acids is 1. The lowest BCUT2D eigenvalue weighted by atomic mass is 9.92. The standard InChI is InChI=1S/C14H28N2O3/c1-14(2,3)10-15-12-7-11(13(18)19-4)8-16(9-12)5-6-17/h11-12,15,17H,5-10H2,1-4H3. The van der Waals surface area contributed by atoms with Crippen LogP contribution in [0.2, 0.25) is 0 Å². The van der Waals surface area contributed by atoms with Crippen molar-refractivity contribution in [1.82, 2.24) is 10.2 Å². The summed E-state index contributed by atoms with van der Waals surface area (Å²) in [5.41, 5.74) is 0.222. The van der Waals surface area contributed by atoms with Gasteiger partial charge in [0.15, 0.2) is 0 Å². The highest BCUT2D eigenvalue weighted by atomic mass is 16.5. The summed E-state index contributed by atoms with van der Waals surface area (Å²) in [4.78, 5) is 13.9. The van der Waals surface area contributed by atoms with Gasteiger partial charge in [0, 0.05) is 32.2 Å². The molecule has 0 aliphatic carbocycles. The predicted molar refractivity (Wildman–Crippen MR) is 74.9 cm³/mol. The molecule has 1 heterocycles. The number of rotatable bonds is 5. The van der Waals surface area contributed by atoms with Gasteiger partial charge in [-0.25, -0.2) is 0 Å². The van der Waals surface area contributed by atoms with Crippen molar-refractivity contribution in [3.8, 4) is 0 Å². The molecule has 112 valence electrons. The average Bonchev–Trinajstić information content (AvgIpc) is 2.35. The molecule has 19 heavy (non-hydrogen) atoms. The van der Waals surface area contributed by atoms with E-state index in [1.807, 2.05) is 0 Å². The second-order valence-electron chi connectivity index (χ2n) is 6.58. The van der Waals surface area contributed by atoms with Gasteiger partial charge in [-0.3, -0.25) is 9.69 Å². The van der Waals surface area contributed by atoms with Crippen LogP contribution in [-0.2, 0) is 9.53 Å². The molecule has 2 atom stereocenters. The fourth-order valence-corrected chi connectivity index (χ4v) is 2.45. The van der Waals surface area contributed by atoms with Crippen LogP contribution in [0.25, 0.3) is 0 Å². The number of aliphatic hydroxyl groups is 1. The van der Waals surface area contributed by atoms with Gasteiger partial charge >= 0.3 is 5.97 Å². The third kappa shape index (κ3) is 5.89. The van der Waals surface area contributed by atoms with Crippen LogP contribution < -0.4 is 5.32 Å². The Kier molecular flexibility index (Phi) is 6.23. The van der Waals surface area contributed by atoms with Crippen LogP contribution in [0.15, 0.2) is 0 Å². The van der Waals surface area contributed by atoms with Crippen LogP contribution in [0.5, 0.6) is 0 Å². The summed E-state index contributed by atoms with van der Waals surface area (Å²) in [7, 11) is 1.44. The van der Waals surface area contributed by atoms with E-state index in [9.17, 15) is 4.79 Å². The Morgan fingerprint density at radius 1 is 1.42 bits per heavy atom. The maximum Gasteiger partial charge on any atom is 0.310 e. The van der Waals surface area contributed by atoms with Crippen LogP contribution in [0, 0.1) is 11.3 Å². The molecule has 0 aromatic carbocycles. The first-order valence-corrected chi connectivity index (χ1v) is 7.00. The van der Waals surface area contributed by atoms with Crippen molar-refractivity contribution in [2.75, 3.05) is 39.9 Å². The zero-order valence-corrected chi connectivity index (χ0v) is 12.6. The lowest BCUT2D eigenvalue weighted by molar-refractivity contribution is -0.147. The molecule has 0 amide bonds. The number of hydrogen-bond donors (Lipinski definition) is 2. The Bertz CT molecular complexity index is 289. The van der Waals surface area contributed by atoms with Gasteiger partial charge in [-0.1, -0.05) is 20.8 Å². The number of methoxy groups -OCH3 is 1. The number of carbonyl (C=O) groups is 1. The van der Waals surface area contributed by atoms with Crippen molar-refractivity contribution >= 4 is 5.97 Å². The lowest BCUT2D eigenvalue weighted by Crippen LogP contribution is -2.52. The topological polar surface area (TPSA) is 61.8 Å². The van der Waals surface area contributed by atoms with Gasteiger partial charge in [-0.2, -0.15) is 0 Å². The van der Waals surface area contributed by atoms with Crippen molar-refractivity contribution in [3.63, 3.8) is 0 Å². The minimum Gasteiger partial charge on any atom is -0.469 e. The number of nitrogens with one attached hydrogen (secondary N) is 1. The highest BCUT2D eigenvalue weighted by molar-refractivity contribution is 5.72. The summed E-state index contributed by atoms with van der Waals surface area (Å²) in [6.45, 7) is 9.77. The van der Waals surface area contributed by atoms with Gasteiger partial charge in [0.25, 0.3) is 0 Å². The second kappa shape index (κ2) is 7.22. The number of likely N-dealkylation sites (tertiary alicyclic amines) is 1. The Hall–Kier alpha value is -0.650. The molecular formula is C14H28N2O3. The summed E-state index contributed by atoms with van der Waals surface area (Å²) in [5, 5.41) is 12.6. The van der Waals surface area contributed by atoms with Crippen LogP contribution in [0.4, 0.5) is 0 Å². The molecule has 5 nitrogen and oxygen atoms in total. The number of β-amino-alcohol motifs (C(OH)–C–C–N with tert-alkyl or cyclic N) is 1. The molecule has 1 rings (SSSR count). The summed E-state index contributed by atoms with van der Waals surface area (Å²) in [5.74, 6) is -0.243. The van der Waals surface area contributed by atoms with E-state index >= 15 is 0 Å². The van der Waals surface area contributed by atoms with E-state index in [1.54, 1.807) is 0 Å². The van der Waals surface area contributed by atoms with Gasteiger partial charge in [0.2, 0.25) is 0 Å². The van der Waals surface area contributed by atoms with Crippen molar-refractivity contribution in [3.05, 3.63) is 0 Å². The Morgan fingerprint density at radius 3 is 2.63 bits per heavy atom. The minimum atomic E-state index is -0.148. The lowest BCUT2D eigenvalue weighted by Gasteiger charge is -2.37. The third-order valence-electron chi connectivity index (χ3n) is 3.40. The monoisotopic (exact) mass is 272 g/mol. The van der Waals surface area contributed by atoms with Crippen molar-refractivity contribution in [2.24, 2.45) is 11.3 Å². The number of ether oxygens (including phenoxy) is 1. The Balaban J connectivity index is 2.57. The van der Waals surface area contributed by atoms with Crippen LogP contribution in [0.1, 0.15) is 27.2 Å². The van der Waals surface area contributed by atoms with Gasteiger partial charge in [0.1, 0.15) is 0 Å². The molecular weight excluding hydrogens is 244 g/mol. The number of nitrogens with zero attached hydrogens (tertiary/aromatic N) is 1. The van der Waals surface area contributed by atoms with E-state index in [-0.39, 0.29) is 30.0 Å². The molecule has 0 aromatic heterocycles. The summed E-state index contributed by atoms with van der Waals surface area (Å²) < 4.78 is 4.85. The van der Waals surface area contributed by atoms with Crippen molar-refractivity contribution in [1.29, 1.82) is 0 Å². The van der Waals surface area contributed by atoms with Crippen molar-refractivity contribution < 1.29 is 14.6 Å². The molecule has 2 unspecified atom stereocenters. The van der Waals surface area contributed by atoms with Crippen LogP contribution in [0.3, 0.4) is 0 Å². The van der Waals surface area contributed by atoms with Gasteiger partial charge in [-0.05, 0) is 11.8 Å². The summed E-state index contributed by atoms with van der Waals surface area (Å²) >= 11 is 0. The van der Waals surface area contributed by atoms with E-state index < -0.39 is 0 Å². The van der Waals surface area contributed by atoms with Gasteiger partial charge in [-0.15, -0.1) is 0 Å². The molecule has 0 bridgehead atoms. The predicted octanol–water partition coefficient (Wildman–Crippen LogP) is 0.478. The number of aliphatic hydroxyl groups excluding tert-OH is 1.